The van der Waals surface area contributed by atoms with E-state index >= 15 is 0 Å². The van der Waals surface area contributed by atoms with Crippen LogP contribution in [-0.4, -0.2) is 47.8 Å². The average molecular weight is 462 g/mol. The maximum atomic E-state index is 13.2. The first-order valence-corrected chi connectivity index (χ1v) is 11.6. The first-order chi connectivity index (χ1) is 16.1. The van der Waals surface area contributed by atoms with Gasteiger partial charge in [0.2, 0.25) is 5.91 Å². The van der Waals surface area contributed by atoms with Crippen LogP contribution in [-0.2, 0) is 11.3 Å². The molecule has 1 N–H and O–H groups in total. The normalized spacial score (nSPS) is 15.1. The van der Waals surface area contributed by atoms with Crippen LogP contribution in [0.15, 0.2) is 84.9 Å². The van der Waals surface area contributed by atoms with Crippen molar-refractivity contribution in [1.29, 1.82) is 0 Å². The molecule has 170 valence electrons. The van der Waals surface area contributed by atoms with Gasteiger partial charge < -0.3 is 10.2 Å². The summed E-state index contributed by atoms with van der Waals surface area (Å²) in [6, 6.07) is 26.5. The van der Waals surface area contributed by atoms with Crippen LogP contribution in [0.5, 0.6) is 0 Å². The Morgan fingerprint density at radius 2 is 1.42 bits per heavy atom. The Kier molecular flexibility index (Phi) is 7.76. The van der Waals surface area contributed by atoms with Crippen molar-refractivity contribution in [3.8, 4) is 0 Å². The molecule has 3 aromatic rings. The number of nitrogens with zero attached hydrogens (tertiary/aromatic N) is 2. The van der Waals surface area contributed by atoms with E-state index in [1.165, 1.54) is 5.56 Å². The zero-order chi connectivity index (χ0) is 23.0. The molecular formula is C27H28ClN3O2. The van der Waals surface area contributed by atoms with Crippen LogP contribution in [0.1, 0.15) is 33.9 Å². The van der Waals surface area contributed by atoms with Crippen molar-refractivity contribution in [3.63, 3.8) is 0 Å². The van der Waals surface area contributed by atoms with Gasteiger partial charge in [-0.3, -0.25) is 14.5 Å². The van der Waals surface area contributed by atoms with E-state index in [0.29, 0.717) is 23.7 Å². The summed E-state index contributed by atoms with van der Waals surface area (Å²) in [5.41, 5.74) is 2.58. The standard InChI is InChI=1S/C27H28ClN3O2/c28-24-14-8-7-13-23(24)27(33)29-25(22-11-5-2-6-12-22)19-26(32)31-17-15-30(16-18-31)20-21-9-3-1-4-10-21/h1-14,25H,15-20H2,(H,29,33)/t25-/m0/s1. The Balaban J connectivity index is 1.38. The smallest absolute Gasteiger partial charge is 0.253 e. The molecule has 1 fully saturated rings. The molecule has 4 rings (SSSR count). The fourth-order valence-electron chi connectivity index (χ4n) is 4.12. The van der Waals surface area contributed by atoms with Crippen molar-refractivity contribution >= 4 is 23.4 Å². The number of piperazine rings is 1. The lowest BCUT2D eigenvalue weighted by Crippen LogP contribution is -2.49. The van der Waals surface area contributed by atoms with E-state index in [4.69, 9.17) is 11.6 Å². The molecule has 0 spiro atoms. The van der Waals surface area contributed by atoms with Crippen LogP contribution in [0.3, 0.4) is 0 Å². The molecule has 33 heavy (non-hydrogen) atoms. The van der Waals surface area contributed by atoms with E-state index in [-0.39, 0.29) is 18.2 Å². The Morgan fingerprint density at radius 1 is 0.818 bits per heavy atom. The van der Waals surface area contributed by atoms with Gasteiger partial charge in [-0.15, -0.1) is 0 Å². The maximum absolute atomic E-state index is 13.2. The lowest BCUT2D eigenvalue weighted by Gasteiger charge is -2.35. The van der Waals surface area contributed by atoms with Crippen molar-refractivity contribution < 1.29 is 9.59 Å². The average Bonchev–Trinajstić information content (AvgIpc) is 2.85. The molecule has 0 radical (unpaired) electrons. The summed E-state index contributed by atoms with van der Waals surface area (Å²) in [4.78, 5) is 30.3. The molecule has 1 aliphatic heterocycles. The molecule has 0 aliphatic carbocycles. The minimum absolute atomic E-state index is 0.0441. The van der Waals surface area contributed by atoms with Crippen molar-refractivity contribution in [2.45, 2.75) is 19.0 Å². The van der Waals surface area contributed by atoms with E-state index < -0.39 is 6.04 Å². The molecule has 6 heteroatoms. The predicted octanol–water partition coefficient (Wildman–Crippen LogP) is 4.55. The van der Waals surface area contributed by atoms with Crippen molar-refractivity contribution in [3.05, 3.63) is 107 Å². The summed E-state index contributed by atoms with van der Waals surface area (Å²) in [5, 5.41) is 3.41. The van der Waals surface area contributed by atoms with Crippen LogP contribution >= 0.6 is 11.6 Å². The molecule has 0 unspecified atom stereocenters. The number of nitrogens with one attached hydrogen (secondary N) is 1. The van der Waals surface area contributed by atoms with Crippen molar-refractivity contribution in [1.82, 2.24) is 15.1 Å². The van der Waals surface area contributed by atoms with Crippen LogP contribution in [0.25, 0.3) is 0 Å². The molecule has 1 saturated heterocycles. The van der Waals surface area contributed by atoms with Crippen LogP contribution in [0.2, 0.25) is 5.02 Å². The van der Waals surface area contributed by atoms with Gasteiger partial charge in [0.15, 0.2) is 0 Å². The summed E-state index contributed by atoms with van der Waals surface area (Å²) < 4.78 is 0. The fourth-order valence-corrected chi connectivity index (χ4v) is 4.34. The monoisotopic (exact) mass is 461 g/mol. The number of hydrogen-bond acceptors (Lipinski definition) is 3. The van der Waals surface area contributed by atoms with Crippen molar-refractivity contribution in [2.75, 3.05) is 26.2 Å². The molecule has 3 aromatic carbocycles. The van der Waals surface area contributed by atoms with Crippen LogP contribution < -0.4 is 5.32 Å². The number of amides is 2. The Morgan fingerprint density at radius 3 is 2.09 bits per heavy atom. The van der Waals surface area contributed by atoms with Gasteiger partial charge >= 0.3 is 0 Å². The number of halogens is 1. The Labute approximate surface area is 200 Å². The Bertz CT molecular complexity index is 1070. The number of benzene rings is 3. The van der Waals surface area contributed by atoms with E-state index in [1.54, 1.807) is 24.3 Å². The Hall–Kier alpha value is -3.15. The molecule has 0 saturated carbocycles. The van der Waals surface area contributed by atoms with Gasteiger partial charge in [-0.25, -0.2) is 0 Å². The third-order valence-corrected chi connectivity index (χ3v) is 6.31. The number of carbonyl (C=O) groups is 2. The van der Waals surface area contributed by atoms with E-state index in [2.05, 4.69) is 34.5 Å². The molecule has 1 aliphatic rings. The zero-order valence-electron chi connectivity index (χ0n) is 18.5. The van der Waals surface area contributed by atoms with Gasteiger partial charge in [0, 0.05) is 32.7 Å². The number of rotatable bonds is 7. The summed E-state index contributed by atoms with van der Waals surface area (Å²) in [7, 11) is 0. The number of hydrogen-bond donors (Lipinski definition) is 1. The summed E-state index contributed by atoms with van der Waals surface area (Å²) >= 11 is 6.21. The second-order valence-electron chi connectivity index (χ2n) is 8.26. The SMILES string of the molecule is O=C(N[C@@H](CC(=O)N1CCN(Cc2ccccc2)CC1)c1ccccc1)c1ccccc1Cl. The molecule has 0 aromatic heterocycles. The van der Waals surface area contributed by atoms with Gasteiger partial charge in [-0.1, -0.05) is 84.4 Å². The highest BCUT2D eigenvalue weighted by molar-refractivity contribution is 6.33. The van der Waals surface area contributed by atoms with Crippen LogP contribution in [0.4, 0.5) is 0 Å². The van der Waals surface area contributed by atoms with Gasteiger partial charge in [-0.05, 0) is 23.3 Å². The first-order valence-electron chi connectivity index (χ1n) is 11.2. The minimum Gasteiger partial charge on any atom is -0.345 e. The summed E-state index contributed by atoms with van der Waals surface area (Å²) in [6.45, 7) is 3.94. The topological polar surface area (TPSA) is 52.7 Å². The molecule has 1 heterocycles. The molecule has 2 amide bonds. The highest BCUT2D eigenvalue weighted by atomic mass is 35.5. The van der Waals surface area contributed by atoms with Gasteiger partial charge in [0.25, 0.3) is 5.91 Å². The molecule has 0 bridgehead atoms. The predicted molar refractivity (Wildman–Crippen MR) is 131 cm³/mol. The molecule has 1 atom stereocenters. The third-order valence-electron chi connectivity index (χ3n) is 5.98. The summed E-state index contributed by atoms with van der Waals surface area (Å²) in [5.74, 6) is -0.238. The van der Waals surface area contributed by atoms with Crippen LogP contribution in [0, 0.1) is 0 Å². The second-order valence-corrected chi connectivity index (χ2v) is 8.67. The van der Waals surface area contributed by atoms with E-state index in [0.717, 1.165) is 25.2 Å². The highest BCUT2D eigenvalue weighted by Gasteiger charge is 2.26. The first kappa shape index (κ1) is 23.0. The minimum atomic E-state index is -0.426. The lowest BCUT2D eigenvalue weighted by atomic mass is 10.0. The fraction of sp³-hybridized carbons (Fsp3) is 0.259. The largest absolute Gasteiger partial charge is 0.345 e. The van der Waals surface area contributed by atoms with E-state index in [9.17, 15) is 9.59 Å². The third kappa shape index (κ3) is 6.21. The lowest BCUT2D eigenvalue weighted by molar-refractivity contribution is -0.133. The molecule has 5 nitrogen and oxygen atoms in total. The highest BCUT2D eigenvalue weighted by Crippen LogP contribution is 2.22. The maximum Gasteiger partial charge on any atom is 0.253 e. The van der Waals surface area contributed by atoms with Gasteiger partial charge in [0.05, 0.1) is 23.0 Å². The molecular weight excluding hydrogens is 434 g/mol. The zero-order valence-corrected chi connectivity index (χ0v) is 19.2. The van der Waals surface area contributed by atoms with E-state index in [1.807, 2.05) is 41.3 Å². The van der Waals surface area contributed by atoms with Crippen molar-refractivity contribution in [2.24, 2.45) is 0 Å². The number of carbonyl (C=O) groups excluding carboxylic acids is 2. The second kappa shape index (κ2) is 11.1. The van der Waals surface area contributed by atoms with Gasteiger partial charge in [-0.2, -0.15) is 0 Å². The quantitative estimate of drug-likeness (QED) is 0.561. The summed E-state index contributed by atoms with van der Waals surface area (Å²) in [6.07, 6.45) is 0.207. The van der Waals surface area contributed by atoms with Gasteiger partial charge in [0.1, 0.15) is 0 Å².